The van der Waals surface area contributed by atoms with Gasteiger partial charge in [-0.2, -0.15) is 0 Å². The Bertz CT molecular complexity index is 623. The molecule has 22 heavy (non-hydrogen) atoms. The molecule has 2 saturated carbocycles. The number of rotatable bonds is 1. The zero-order valence-corrected chi connectivity index (χ0v) is 13.3. The van der Waals surface area contributed by atoms with E-state index in [1.807, 2.05) is 12.1 Å². The first kappa shape index (κ1) is 14.3. The highest BCUT2D eigenvalue weighted by Crippen LogP contribution is 2.60. The standard InChI is InChI=1S/C19H24O3/c1-19-8-7-13-12-4-3-11(22-2)9-15(12)17(20)10-14(13)16(19)5-6-18(19)21/h3-4,9,13-14,16,18,21H,5-8,10H2,1-2H3/t13-,14-,16-,18-,19+/m1/s1. The Morgan fingerprint density at radius 1 is 1.27 bits per heavy atom. The molecule has 0 radical (unpaired) electrons. The summed E-state index contributed by atoms with van der Waals surface area (Å²) < 4.78 is 5.28. The molecule has 1 N–H and O–H groups in total. The molecule has 0 saturated heterocycles. The second kappa shape index (κ2) is 4.82. The van der Waals surface area contributed by atoms with Crippen molar-refractivity contribution in [2.24, 2.45) is 17.3 Å². The summed E-state index contributed by atoms with van der Waals surface area (Å²) in [5.74, 6) is 2.38. The van der Waals surface area contributed by atoms with E-state index in [4.69, 9.17) is 4.74 Å². The molecule has 3 heteroatoms. The number of carbonyl (C=O) groups is 1. The SMILES string of the molecule is COc1ccc2c(c1)C(=O)C[C@@H]1[C@@H]2CC[C@]2(C)[C@H](O)CC[C@H]12. The zero-order chi connectivity index (χ0) is 15.5. The second-order valence-corrected chi connectivity index (χ2v) is 7.59. The molecule has 0 spiro atoms. The van der Waals surface area contributed by atoms with E-state index in [1.165, 1.54) is 5.56 Å². The van der Waals surface area contributed by atoms with Crippen LogP contribution in [0.2, 0.25) is 0 Å². The van der Waals surface area contributed by atoms with Crippen LogP contribution in [0.15, 0.2) is 18.2 Å². The third-order valence-corrected chi connectivity index (χ3v) is 6.77. The number of ether oxygens (including phenoxy) is 1. The van der Waals surface area contributed by atoms with Crippen molar-refractivity contribution in [1.82, 2.24) is 0 Å². The molecule has 0 bridgehead atoms. The van der Waals surface area contributed by atoms with Crippen LogP contribution in [0.3, 0.4) is 0 Å². The Labute approximate surface area is 131 Å². The molecule has 1 aromatic carbocycles. The van der Waals surface area contributed by atoms with Crippen molar-refractivity contribution >= 4 is 5.78 Å². The molecule has 118 valence electrons. The van der Waals surface area contributed by atoms with E-state index in [0.29, 0.717) is 24.2 Å². The van der Waals surface area contributed by atoms with E-state index >= 15 is 0 Å². The van der Waals surface area contributed by atoms with E-state index in [-0.39, 0.29) is 17.3 Å². The second-order valence-electron chi connectivity index (χ2n) is 7.59. The Morgan fingerprint density at radius 2 is 2.09 bits per heavy atom. The predicted octanol–water partition coefficient (Wildman–Crippen LogP) is 3.55. The van der Waals surface area contributed by atoms with Gasteiger partial charge in [-0.05, 0) is 66.5 Å². The van der Waals surface area contributed by atoms with Crippen LogP contribution in [-0.2, 0) is 0 Å². The molecule has 1 aromatic rings. The average Bonchev–Trinajstić information content (AvgIpc) is 2.83. The molecule has 0 aliphatic heterocycles. The zero-order valence-electron chi connectivity index (χ0n) is 13.3. The van der Waals surface area contributed by atoms with Crippen LogP contribution < -0.4 is 4.74 Å². The Balaban J connectivity index is 1.75. The minimum Gasteiger partial charge on any atom is -0.497 e. The van der Waals surface area contributed by atoms with Gasteiger partial charge >= 0.3 is 0 Å². The van der Waals surface area contributed by atoms with Gasteiger partial charge < -0.3 is 9.84 Å². The fourth-order valence-corrected chi connectivity index (χ4v) is 5.48. The molecular weight excluding hydrogens is 276 g/mol. The number of benzene rings is 1. The lowest BCUT2D eigenvalue weighted by Crippen LogP contribution is -2.44. The lowest BCUT2D eigenvalue weighted by atomic mass is 9.55. The summed E-state index contributed by atoms with van der Waals surface area (Å²) in [7, 11) is 1.64. The number of aliphatic hydroxyl groups is 1. The van der Waals surface area contributed by atoms with E-state index in [9.17, 15) is 9.90 Å². The highest BCUT2D eigenvalue weighted by atomic mass is 16.5. The molecular formula is C19H24O3. The van der Waals surface area contributed by atoms with Gasteiger partial charge in [0.25, 0.3) is 0 Å². The van der Waals surface area contributed by atoms with Gasteiger partial charge in [0.15, 0.2) is 5.78 Å². The molecule has 4 rings (SSSR count). The van der Waals surface area contributed by atoms with Gasteiger partial charge in [0, 0.05) is 12.0 Å². The van der Waals surface area contributed by atoms with Crippen molar-refractivity contribution in [2.75, 3.05) is 7.11 Å². The normalized spacial score (nSPS) is 39.9. The number of fused-ring (bicyclic) bond motifs is 5. The molecule has 0 heterocycles. The summed E-state index contributed by atoms with van der Waals surface area (Å²) in [5, 5.41) is 10.4. The maximum absolute atomic E-state index is 12.7. The summed E-state index contributed by atoms with van der Waals surface area (Å²) in [4.78, 5) is 12.7. The molecule has 0 unspecified atom stereocenters. The van der Waals surface area contributed by atoms with Gasteiger partial charge in [0.2, 0.25) is 0 Å². The number of methoxy groups -OCH3 is 1. The Kier molecular flexibility index (Phi) is 3.12. The van der Waals surface area contributed by atoms with Crippen LogP contribution in [0.1, 0.15) is 60.9 Å². The van der Waals surface area contributed by atoms with E-state index in [1.54, 1.807) is 7.11 Å². The van der Waals surface area contributed by atoms with Gasteiger partial charge in [-0.15, -0.1) is 0 Å². The number of ketones is 1. The van der Waals surface area contributed by atoms with Crippen molar-refractivity contribution in [3.05, 3.63) is 29.3 Å². The first-order valence-corrected chi connectivity index (χ1v) is 8.44. The Morgan fingerprint density at radius 3 is 2.86 bits per heavy atom. The number of aliphatic hydroxyl groups excluding tert-OH is 1. The summed E-state index contributed by atoms with van der Waals surface area (Å²) in [6.45, 7) is 2.24. The van der Waals surface area contributed by atoms with Crippen molar-refractivity contribution in [2.45, 2.75) is 51.0 Å². The maximum atomic E-state index is 12.7. The quantitative estimate of drug-likeness (QED) is 0.862. The van der Waals surface area contributed by atoms with Crippen LogP contribution >= 0.6 is 0 Å². The lowest BCUT2D eigenvalue weighted by Gasteiger charge is -2.49. The minimum atomic E-state index is -0.189. The van der Waals surface area contributed by atoms with Crippen LogP contribution in [-0.4, -0.2) is 24.1 Å². The molecule has 3 nitrogen and oxygen atoms in total. The maximum Gasteiger partial charge on any atom is 0.163 e. The summed E-state index contributed by atoms with van der Waals surface area (Å²) in [5.41, 5.74) is 2.10. The number of hydrogen-bond acceptors (Lipinski definition) is 3. The monoisotopic (exact) mass is 300 g/mol. The van der Waals surface area contributed by atoms with E-state index in [0.717, 1.165) is 37.0 Å². The van der Waals surface area contributed by atoms with Crippen molar-refractivity contribution in [3.63, 3.8) is 0 Å². The third kappa shape index (κ3) is 1.81. The molecule has 2 fully saturated rings. The highest BCUT2D eigenvalue weighted by Gasteiger charge is 2.55. The van der Waals surface area contributed by atoms with Crippen molar-refractivity contribution in [1.29, 1.82) is 0 Å². The molecule has 5 atom stereocenters. The number of carbonyl (C=O) groups excluding carboxylic acids is 1. The highest BCUT2D eigenvalue weighted by molar-refractivity contribution is 5.99. The van der Waals surface area contributed by atoms with Gasteiger partial charge in [0.05, 0.1) is 13.2 Å². The van der Waals surface area contributed by atoms with Crippen LogP contribution in [0.4, 0.5) is 0 Å². The van der Waals surface area contributed by atoms with Gasteiger partial charge in [-0.3, -0.25) is 4.79 Å². The number of hydrogen-bond donors (Lipinski definition) is 1. The van der Waals surface area contributed by atoms with Gasteiger partial charge in [-0.1, -0.05) is 13.0 Å². The number of Topliss-reactive ketones (excluding diaryl/α,β-unsaturated/α-hetero) is 1. The topological polar surface area (TPSA) is 46.5 Å². The van der Waals surface area contributed by atoms with Crippen molar-refractivity contribution < 1.29 is 14.6 Å². The average molecular weight is 300 g/mol. The smallest absolute Gasteiger partial charge is 0.163 e. The molecule has 3 aliphatic rings. The third-order valence-electron chi connectivity index (χ3n) is 6.77. The van der Waals surface area contributed by atoms with Crippen LogP contribution in [0.5, 0.6) is 5.75 Å². The Hall–Kier alpha value is -1.35. The van der Waals surface area contributed by atoms with Gasteiger partial charge in [0.1, 0.15) is 5.75 Å². The fraction of sp³-hybridized carbons (Fsp3) is 0.632. The minimum absolute atomic E-state index is 0.0193. The van der Waals surface area contributed by atoms with E-state index in [2.05, 4.69) is 13.0 Å². The molecule has 3 aliphatic carbocycles. The first-order chi connectivity index (χ1) is 10.5. The van der Waals surface area contributed by atoms with Crippen LogP contribution in [0, 0.1) is 17.3 Å². The fourth-order valence-electron chi connectivity index (χ4n) is 5.48. The summed E-state index contributed by atoms with van der Waals surface area (Å²) >= 11 is 0. The molecule has 0 aromatic heterocycles. The summed E-state index contributed by atoms with van der Waals surface area (Å²) in [6.07, 6.45) is 4.57. The first-order valence-electron chi connectivity index (χ1n) is 8.44. The van der Waals surface area contributed by atoms with E-state index < -0.39 is 0 Å². The lowest BCUT2D eigenvalue weighted by molar-refractivity contribution is -0.0208. The van der Waals surface area contributed by atoms with Gasteiger partial charge in [-0.25, -0.2) is 0 Å². The summed E-state index contributed by atoms with van der Waals surface area (Å²) in [6, 6.07) is 5.98. The van der Waals surface area contributed by atoms with Crippen LogP contribution in [0.25, 0.3) is 0 Å². The largest absolute Gasteiger partial charge is 0.497 e. The predicted molar refractivity (Wildman–Crippen MR) is 84.2 cm³/mol. The molecule has 0 amide bonds. The van der Waals surface area contributed by atoms with Crippen molar-refractivity contribution in [3.8, 4) is 5.75 Å².